The van der Waals surface area contributed by atoms with Crippen LogP contribution in [0.25, 0.3) is 0 Å². The highest BCUT2D eigenvalue weighted by atomic mass is 16.5. The Hall–Kier alpha value is -0.690. The van der Waals surface area contributed by atoms with Gasteiger partial charge >= 0.3 is 0 Å². The molecule has 0 aromatic carbocycles. The number of rotatable bonds is 5. The number of morpholine rings is 1. The predicted octanol–water partition coefficient (Wildman–Crippen LogP) is 0.592. The number of likely N-dealkylation sites (N-methyl/N-ethyl adjacent to an activating group) is 1. The Balaban J connectivity index is 1.63. The molecule has 0 radical (unpaired) electrons. The Bertz CT molecular complexity index is 387. The van der Waals surface area contributed by atoms with Crippen molar-refractivity contribution in [2.24, 2.45) is 5.92 Å². The second-order valence-corrected chi connectivity index (χ2v) is 7.05. The zero-order valence-electron chi connectivity index (χ0n) is 14.4. The fourth-order valence-corrected chi connectivity index (χ4v) is 4.24. The molecule has 6 nitrogen and oxygen atoms in total. The van der Waals surface area contributed by atoms with Crippen LogP contribution in [0.4, 0.5) is 0 Å². The largest absolute Gasteiger partial charge is 0.378 e. The van der Waals surface area contributed by atoms with Gasteiger partial charge < -0.3 is 10.1 Å². The first-order chi connectivity index (χ1) is 11.3. The molecule has 2 N–H and O–H groups in total. The molecule has 1 unspecified atom stereocenters. The van der Waals surface area contributed by atoms with Crippen molar-refractivity contribution in [3.63, 3.8) is 0 Å². The Labute approximate surface area is 139 Å². The van der Waals surface area contributed by atoms with Crippen LogP contribution in [0, 0.1) is 5.92 Å². The molecule has 2 atom stereocenters. The topological polar surface area (TPSA) is 56.8 Å². The average molecular weight is 324 g/mol. The van der Waals surface area contributed by atoms with Crippen molar-refractivity contribution in [1.82, 2.24) is 20.4 Å². The Morgan fingerprint density at radius 1 is 1.26 bits per heavy atom. The van der Waals surface area contributed by atoms with Crippen LogP contribution in [0.15, 0.2) is 0 Å². The summed E-state index contributed by atoms with van der Waals surface area (Å²) in [6.07, 6.45) is 7.10. The SMILES string of the molecule is CCNC(=O)[C@@H]1COCCN1C1NCCN1CC1CCCCC1. The standard InChI is InChI=1S/C17H32N4O2/c1-2-18-16(22)15-13-23-11-10-21(15)17-19-8-9-20(17)12-14-6-4-3-5-7-14/h14-15,17,19H,2-13H2,1H3,(H,18,22)/t15-,17?/m0/s1. The maximum Gasteiger partial charge on any atom is 0.239 e. The lowest BCUT2D eigenvalue weighted by Crippen LogP contribution is -2.63. The molecule has 1 saturated carbocycles. The monoisotopic (exact) mass is 324 g/mol. The maximum atomic E-state index is 12.4. The molecule has 0 aromatic heterocycles. The summed E-state index contributed by atoms with van der Waals surface area (Å²) in [5.41, 5.74) is 0. The number of carbonyl (C=O) groups excluding carboxylic acids is 1. The minimum atomic E-state index is -0.173. The smallest absolute Gasteiger partial charge is 0.239 e. The van der Waals surface area contributed by atoms with E-state index in [0.717, 1.165) is 32.1 Å². The van der Waals surface area contributed by atoms with Gasteiger partial charge in [-0.1, -0.05) is 19.3 Å². The lowest BCUT2D eigenvalue weighted by atomic mass is 9.89. The average Bonchev–Trinajstić information content (AvgIpc) is 3.04. The first kappa shape index (κ1) is 17.1. The molecule has 0 spiro atoms. The third-order valence-electron chi connectivity index (χ3n) is 5.43. The van der Waals surface area contributed by atoms with Crippen molar-refractivity contribution in [2.75, 3.05) is 45.9 Å². The van der Waals surface area contributed by atoms with Crippen LogP contribution >= 0.6 is 0 Å². The summed E-state index contributed by atoms with van der Waals surface area (Å²) < 4.78 is 5.58. The van der Waals surface area contributed by atoms with E-state index in [1.807, 2.05) is 6.92 Å². The minimum Gasteiger partial charge on any atom is -0.378 e. The van der Waals surface area contributed by atoms with Crippen molar-refractivity contribution in [3.05, 3.63) is 0 Å². The quantitative estimate of drug-likeness (QED) is 0.775. The third kappa shape index (κ3) is 4.24. The van der Waals surface area contributed by atoms with E-state index in [4.69, 9.17) is 4.74 Å². The summed E-state index contributed by atoms with van der Waals surface area (Å²) in [6.45, 7) is 7.93. The number of amides is 1. The molecule has 6 heteroatoms. The van der Waals surface area contributed by atoms with Crippen molar-refractivity contribution >= 4 is 5.91 Å². The Kier molecular flexibility index (Phi) is 6.28. The second kappa shape index (κ2) is 8.42. The number of hydrogen-bond acceptors (Lipinski definition) is 5. The Morgan fingerprint density at radius 2 is 2.09 bits per heavy atom. The van der Waals surface area contributed by atoms with E-state index in [2.05, 4.69) is 20.4 Å². The predicted molar refractivity (Wildman–Crippen MR) is 89.9 cm³/mol. The summed E-state index contributed by atoms with van der Waals surface area (Å²) in [6, 6.07) is -0.173. The lowest BCUT2D eigenvalue weighted by Gasteiger charge is -2.42. The van der Waals surface area contributed by atoms with Gasteiger partial charge in [0, 0.05) is 32.7 Å². The van der Waals surface area contributed by atoms with Crippen molar-refractivity contribution in [2.45, 2.75) is 51.4 Å². The van der Waals surface area contributed by atoms with E-state index < -0.39 is 0 Å². The summed E-state index contributed by atoms with van der Waals surface area (Å²) in [5.74, 6) is 0.925. The molecular weight excluding hydrogens is 292 g/mol. The molecule has 0 aromatic rings. The highest BCUT2D eigenvalue weighted by Crippen LogP contribution is 2.26. The second-order valence-electron chi connectivity index (χ2n) is 7.05. The zero-order valence-corrected chi connectivity index (χ0v) is 14.4. The molecule has 1 amide bonds. The van der Waals surface area contributed by atoms with Crippen LogP contribution in [0.2, 0.25) is 0 Å². The summed E-state index contributed by atoms with van der Waals surface area (Å²) in [4.78, 5) is 17.2. The fourth-order valence-electron chi connectivity index (χ4n) is 4.24. The molecule has 2 heterocycles. The molecule has 132 valence electrons. The first-order valence-corrected chi connectivity index (χ1v) is 9.38. The maximum absolute atomic E-state index is 12.4. The summed E-state index contributed by atoms with van der Waals surface area (Å²) in [5, 5.41) is 6.57. The van der Waals surface area contributed by atoms with Crippen LogP contribution in [-0.2, 0) is 9.53 Å². The lowest BCUT2D eigenvalue weighted by molar-refractivity contribution is -0.139. The minimum absolute atomic E-state index is 0.0958. The van der Waals surface area contributed by atoms with E-state index in [1.165, 1.54) is 32.1 Å². The van der Waals surface area contributed by atoms with Gasteiger partial charge in [-0.2, -0.15) is 0 Å². The molecule has 0 bridgehead atoms. The van der Waals surface area contributed by atoms with Crippen molar-refractivity contribution < 1.29 is 9.53 Å². The van der Waals surface area contributed by atoms with Gasteiger partial charge in [-0.05, 0) is 25.7 Å². The van der Waals surface area contributed by atoms with E-state index in [9.17, 15) is 4.79 Å². The van der Waals surface area contributed by atoms with Gasteiger partial charge in [-0.15, -0.1) is 0 Å². The van der Waals surface area contributed by atoms with Crippen LogP contribution in [0.5, 0.6) is 0 Å². The van der Waals surface area contributed by atoms with Gasteiger partial charge in [0.25, 0.3) is 0 Å². The third-order valence-corrected chi connectivity index (χ3v) is 5.43. The van der Waals surface area contributed by atoms with Crippen LogP contribution in [0.3, 0.4) is 0 Å². The van der Waals surface area contributed by atoms with E-state index in [-0.39, 0.29) is 18.2 Å². The molecule has 23 heavy (non-hydrogen) atoms. The molecule has 2 saturated heterocycles. The van der Waals surface area contributed by atoms with E-state index >= 15 is 0 Å². The van der Waals surface area contributed by atoms with Gasteiger partial charge in [-0.3, -0.25) is 19.9 Å². The molecule has 2 aliphatic heterocycles. The zero-order chi connectivity index (χ0) is 16.1. The highest BCUT2D eigenvalue weighted by Gasteiger charge is 2.39. The van der Waals surface area contributed by atoms with Gasteiger partial charge in [0.1, 0.15) is 12.3 Å². The molecule has 3 rings (SSSR count). The number of nitrogens with one attached hydrogen (secondary N) is 2. The van der Waals surface area contributed by atoms with Crippen molar-refractivity contribution in [1.29, 1.82) is 0 Å². The number of hydrogen-bond donors (Lipinski definition) is 2. The summed E-state index contributed by atoms with van der Waals surface area (Å²) >= 11 is 0. The molecule has 3 fully saturated rings. The number of nitrogens with zero attached hydrogens (tertiary/aromatic N) is 2. The fraction of sp³-hybridized carbons (Fsp3) is 0.941. The Morgan fingerprint density at radius 3 is 2.87 bits per heavy atom. The first-order valence-electron chi connectivity index (χ1n) is 9.38. The van der Waals surface area contributed by atoms with E-state index in [1.54, 1.807) is 0 Å². The van der Waals surface area contributed by atoms with Gasteiger partial charge in [0.2, 0.25) is 5.91 Å². The highest BCUT2D eigenvalue weighted by molar-refractivity contribution is 5.82. The molecule has 1 aliphatic carbocycles. The summed E-state index contributed by atoms with van der Waals surface area (Å²) in [7, 11) is 0. The van der Waals surface area contributed by atoms with Crippen molar-refractivity contribution in [3.8, 4) is 0 Å². The van der Waals surface area contributed by atoms with Crippen LogP contribution in [0.1, 0.15) is 39.0 Å². The van der Waals surface area contributed by atoms with Gasteiger partial charge in [0.15, 0.2) is 0 Å². The van der Waals surface area contributed by atoms with Crippen LogP contribution < -0.4 is 10.6 Å². The van der Waals surface area contributed by atoms with Gasteiger partial charge in [0.05, 0.1) is 13.2 Å². The molecule has 3 aliphatic rings. The van der Waals surface area contributed by atoms with E-state index in [0.29, 0.717) is 19.8 Å². The normalized spacial score (nSPS) is 31.3. The number of ether oxygens (including phenoxy) is 1. The van der Waals surface area contributed by atoms with Crippen LogP contribution in [-0.4, -0.2) is 74.0 Å². The van der Waals surface area contributed by atoms with Gasteiger partial charge in [-0.25, -0.2) is 0 Å². The molecular formula is C17H32N4O2. The number of carbonyl (C=O) groups is 1.